The standard InChI is InChI=1S/C24H28Cl2N2O2/c1-4-9-24(3)12-20(15(2)10-21(29)17-11-19(26)14-27-13-17)22(28-23(24)30)16-5-7-18(25)8-6-16/h4-8,11,13-15,20-22,29H,1,9-10,12H2,2-3H3,(H,28,30)/t15?,20-,21+,22-,24+/m1/s1. The molecule has 1 aliphatic heterocycles. The number of amides is 1. The molecule has 4 nitrogen and oxygen atoms in total. The minimum Gasteiger partial charge on any atom is -0.388 e. The van der Waals surface area contributed by atoms with Gasteiger partial charge in [0.15, 0.2) is 0 Å². The summed E-state index contributed by atoms with van der Waals surface area (Å²) in [7, 11) is 0. The zero-order valence-electron chi connectivity index (χ0n) is 17.3. The minimum atomic E-state index is -0.680. The van der Waals surface area contributed by atoms with Crippen LogP contribution in [0, 0.1) is 17.3 Å². The van der Waals surface area contributed by atoms with Crippen LogP contribution in [0.4, 0.5) is 0 Å². The van der Waals surface area contributed by atoms with Gasteiger partial charge in [-0.1, -0.05) is 55.3 Å². The lowest BCUT2D eigenvalue weighted by atomic mass is 9.66. The first-order valence-electron chi connectivity index (χ1n) is 10.2. The van der Waals surface area contributed by atoms with E-state index in [4.69, 9.17) is 23.2 Å². The number of hydrogen-bond acceptors (Lipinski definition) is 3. The third-order valence-electron chi connectivity index (χ3n) is 6.21. The van der Waals surface area contributed by atoms with E-state index >= 15 is 0 Å². The molecule has 5 atom stereocenters. The molecule has 1 saturated heterocycles. The summed E-state index contributed by atoms with van der Waals surface area (Å²) in [4.78, 5) is 17.0. The van der Waals surface area contributed by atoms with Crippen molar-refractivity contribution in [1.29, 1.82) is 0 Å². The molecule has 1 aromatic carbocycles. The van der Waals surface area contributed by atoms with Crippen molar-refractivity contribution in [1.82, 2.24) is 10.3 Å². The first kappa shape index (κ1) is 22.8. The Morgan fingerprint density at radius 1 is 1.30 bits per heavy atom. The molecular weight excluding hydrogens is 419 g/mol. The highest BCUT2D eigenvalue weighted by atomic mass is 35.5. The smallest absolute Gasteiger partial charge is 0.226 e. The molecule has 0 bridgehead atoms. The van der Waals surface area contributed by atoms with E-state index in [-0.39, 0.29) is 23.8 Å². The van der Waals surface area contributed by atoms with E-state index in [0.717, 1.165) is 5.56 Å². The molecule has 1 amide bonds. The molecule has 160 valence electrons. The Labute approximate surface area is 188 Å². The van der Waals surface area contributed by atoms with Gasteiger partial charge in [-0.15, -0.1) is 6.58 Å². The van der Waals surface area contributed by atoms with E-state index in [1.165, 1.54) is 0 Å². The Bertz CT molecular complexity index is 902. The summed E-state index contributed by atoms with van der Waals surface area (Å²) in [6.45, 7) is 7.94. The molecular formula is C24H28Cl2N2O2. The highest BCUT2D eigenvalue weighted by Gasteiger charge is 2.45. The van der Waals surface area contributed by atoms with Gasteiger partial charge in [0, 0.05) is 23.0 Å². The van der Waals surface area contributed by atoms with Gasteiger partial charge in [0.2, 0.25) is 5.91 Å². The zero-order valence-corrected chi connectivity index (χ0v) is 18.8. The maximum absolute atomic E-state index is 12.9. The first-order chi connectivity index (χ1) is 14.2. The number of carbonyl (C=O) groups excluding carboxylic acids is 1. The molecule has 3 rings (SSSR count). The van der Waals surface area contributed by atoms with Gasteiger partial charge in [0.05, 0.1) is 22.6 Å². The fourth-order valence-corrected chi connectivity index (χ4v) is 4.76. The summed E-state index contributed by atoms with van der Waals surface area (Å²) in [6.07, 6.45) is 6.17. The number of nitrogens with zero attached hydrogens (tertiary/aromatic N) is 1. The number of halogens is 2. The topological polar surface area (TPSA) is 62.2 Å². The maximum atomic E-state index is 12.9. The number of carbonyl (C=O) groups is 1. The fourth-order valence-electron chi connectivity index (χ4n) is 4.45. The van der Waals surface area contributed by atoms with Crippen LogP contribution >= 0.6 is 23.2 Å². The van der Waals surface area contributed by atoms with Crippen LogP contribution in [-0.4, -0.2) is 16.0 Å². The third-order valence-corrected chi connectivity index (χ3v) is 6.67. The lowest BCUT2D eigenvalue weighted by Gasteiger charge is -2.45. The second kappa shape index (κ2) is 9.51. The molecule has 0 aliphatic carbocycles. The molecule has 0 spiro atoms. The number of allylic oxidation sites excluding steroid dienone is 1. The highest BCUT2D eigenvalue weighted by Crippen LogP contribution is 2.46. The Balaban J connectivity index is 1.87. The van der Waals surface area contributed by atoms with Crippen LogP contribution in [0.15, 0.2) is 55.4 Å². The van der Waals surface area contributed by atoms with Crippen molar-refractivity contribution in [3.63, 3.8) is 0 Å². The normalized spacial score (nSPS) is 26.0. The van der Waals surface area contributed by atoms with Gasteiger partial charge in [0.25, 0.3) is 0 Å². The minimum absolute atomic E-state index is 0.0328. The summed E-state index contributed by atoms with van der Waals surface area (Å²) >= 11 is 12.1. The molecule has 2 heterocycles. The van der Waals surface area contributed by atoms with Crippen LogP contribution in [0.5, 0.6) is 0 Å². The lowest BCUT2D eigenvalue weighted by molar-refractivity contribution is -0.137. The largest absolute Gasteiger partial charge is 0.388 e. The van der Waals surface area contributed by atoms with Crippen molar-refractivity contribution < 1.29 is 9.90 Å². The van der Waals surface area contributed by atoms with Gasteiger partial charge in [0.1, 0.15) is 0 Å². The van der Waals surface area contributed by atoms with Gasteiger partial charge in [-0.25, -0.2) is 0 Å². The second-order valence-electron chi connectivity index (χ2n) is 8.59. The molecule has 0 radical (unpaired) electrons. The summed E-state index contributed by atoms with van der Waals surface area (Å²) in [6, 6.07) is 9.20. The molecule has 6 heteroatoms. The average Bonchev–Trinajstić information content (AvgIpc) is 2.70. The van der Waals surface area contributed by atoms with Gasteiger partial charge < -0.3 is 10.4 Å². The summed E-state index contributed by atoms with van der Waals surface area (Å²) in [5.41, 5.74) is 1.20. The molecule has 1 aromatic heterocycles. The van der Waals surface area contributed by atoms with Crippen LogP contribution in [0.2, 0.25) is 10.0 Å². The first-order valence-corrected chi connectivity index (χ1v) is 10.9. The van der Waals surface area contributed by atoms with Crippen LogP contribution in [0.25, 0.3) is 0 Å². The van der Waals surface area contributed by atoms with E-state index in [1.54, 1.807) is 24.5 Å². The fraction of sp³-hybridized carbons (Fsp3) is 0.417. The van der Waals surface area contributed by atoms with Crippen molar-refractivity contribution in [2.24, 2.45) is 17.3 Å². The SMILES string of the molecule is C=CC[C@@]1(C)C[C@H](C(C)C[C@H](O)c2cncc(Cl)c2)[C@@H](c2ccc(Cl)cc2)NC1=O. The van der Waals surface area contributed by atoms with Crippen LogP contribution in [0.1, 0.15) is 56.4 Å². The number of aliphatic hydroxyl groups is 1. The summed E-state index contributed by atoms with van der Waals surface area (Å²) in [5.74, 6) is 0.297. The molecule has 1 unspecified atom stereocenters. The predicted octanol–water partition coefficient (Wildman–Crippen LogP) is 5.91. The van der Waals surface area contributed by atoms with Crippen molar-refractivity contribution in [3.8, 4) is 0 Å². The molecule has 2 aromatic rings. The summed E-state index contributed by atoms with van der Waals surface area (Å²) in [5, 5.41) is 15.2. The van der Waals surface area contributed by atoms with Gasteiger partial charge in [-0.05, 0) is 54.9 Å². The van der Waals surface area contributed by atoms with Crippen molar-refractivity contribution in [2.45, 2.75) is 45.3 Å². The van der Waals surface area contributed by atoms with Gasteiger partial charge in [-0.3, -0.25) is 9.78 Å². The number of piperidine rings is 1. The molecule has 2 N–H and O–H groups in total. The second-order valence-corrected chi connectivity index (χ2v) is 9.46. The van der Waals surface area contributed by atoms with E-state index in [2.05, 4.69) is 23.8 Å². The van der Waals surface area contributed by atoms with Crippen molar-refractivity contribution in [2.75, 3.05) is 0 Å². The van der Waals surface area contributed by atoms with Crippen molar-refractivity contribution >= 4 is 29.1 Å². The van der Waals surface area contributed by atoms with Gasteiger partial charge >= 0.3 is 0 Å². The van der Waals surface area contributed by atoms with Gasteiger partial charge in [-0.2, -0.15) is 0 Å². The van der Waals surface area contributed by atoms with Crippen LogP contribution < -0.4 is 5.32 Å². The zero-order chi connectivity index (χ0) is 21.9. The summed E-state index contributed by atoms with van der Waals surface area (Å²) < 4.78 is 0. The number of pyridine rings is 1. The Kier molecular flexibility index (Phi) is 7.22. The van der Waals surface area contributed by atoms with E-state index in [1.807, 2.05) is 31.2 Å². The van der Waals surface area contributed by atoms with Crippen LogP contribution in [0.3, 0.4) is 0 Å². The number of aromatic nitrogens is 1. The Hall–Kier alpha value is -1.88. The number of nitrogens with one attached hydrogen (secondary N) is 1. The quantitative estimate of drug-likeness (QED) is 0.519. The van der Waals surface area contributed by atoms with E-state index in [9.17, 15) is 9.90 Å². The molecule has 1 aliphatic rings. The Morgan fingerprint density at radius 2 is 2.00 bits per heavy atom. The number of rotatable bonds is 7. The monoisotopic (exact) mass is 446 g/mol. The Morgan fingerprint density at radius 3 is 2.63 bits per heavy atom. The predicted molar refractivity (Wildman–Crippen MR) is 121 cm³/mol. The molecule has 0 saturated carbocycles. The van der Waals surface area contributed by atoms with Crippen molar-refractivity contribution in [3.05, 3.63) is 76.6 Å². The van der Waals surface area contributed by atoms with Crippen LogP contribution in [-0.2, 0) is 4.79 Å². The van der Waals surface area contributed by atoms with E-state index < -0.39 is 11.5 Å². The maximum Gasteiger partial charge on any atom is 0.226 e. The van der Waals surface area contributed by atoms with E-state index in [0.29, 0.717) is 34.9 Å². The highest BCUT2D eigenvalue weighted by molar-refractivity contribution is 6.30. The molecule has 30 heavy (non-hydrogen) atoms. The number of benzene rings is 1. The molecule has 1 fully saturated rings. The third kappa shape index (κ3) is 5.05. The number of hydrogen-bond donors (Lipinski definition) is 2. The lowest BCUT2D eigenvalue weighted by Crippen LogP contribution is -2.51. The number of aliphatic hydroxyl groups excluding tert-OH is 1. The average molecular weight is 447 g/mol.